The highest BCUT2D eigenvalue weighted by Crippen LogP contribution is 2.44. The molecule has 4 nitrogen and oxygen atoms in total. The Hall–Kier alpha value is -5.48. The van der Waals surface area contributed by atoms with Crippen molar-refractivity contribution in [2.75, 3.05) is 0 Å². The molecule has 0 N–H and O–H groups in total. The van der Waals surface area contributed by atoms with Crippen molar-refractivity contribution in [3.63, 3.8) is 0 Å². The van der Waals surface area contributed by atoms with Gasteiger partial charge in [-0.05, 0) is 24.3 Å². The molecule has 0 spiro atoms. The van der Waals surface area contributed by atoms with Crippen LogP contribution in [-0.2, 0) is 0 Å². The van der Waals surface area contributed by atoms with Gasteiger partial charge in [0.2, 0.25) is 5.95 Å². The molecule has 186 valence electrons. The fourth-order valence-electron chi connectivity index (χ4n) is 6.40. The molecule has 0 atom stereocenters. The van der Waals surface area contributed by atoms with E-state index in [0.29, 0.717) is 5.95 Å². The van der Waals surface area contributed by atoms with Crippen LogP contribution in [0.3, 0.4) is 0 Å². The van der Waals surface area contributed by atoms with Crippen molar-refractivity contribution >= 4 is 49.1 Å². The third kappa shape index (κ3) is 2.85. The quantitative estimate of drug-likeness (QED) is 0.238. The molecule has 0 bridgehead atoms. The van der Waals surface area contributed by atoms with Crippen molar-refractivity contribution in [1.82, 2.24) is 18.9 Å². The highest BCUT2D eigenvalue weighted by molar-refractivity contribution is 6.29. The molecule has 0 saturated heterocycles. The average Bonchev–Trinajstić information content (AvgIpc) is 3.66. The van der Waals surface area contributed by atoms with Crippen LogP contribution in [0.1, 0.15) is 0 Å². The molecule has 9 aromatic rings. The van der Waals surface area contributed by atoms with Gasteiger partial charge in [0, 0.05) is 32.7 Å². The van der Waals surface area contributed by atoms with Gasteiger partial charge in [0.15, 0.2) is 0 Å². The van der Waals surface area contributed by atoms with E-state index in [1.807, 2.05) is 12.1 Å². The van der Waals surface area contributed by atoms with Crippen molar-refractivity contribution in [3.8, 4) is 28.5 Å². The SMILES string of the molecule is c1ccc(-c2cc(-c3ccccc3)nc(-n3c4ccccc4c4c3c3c5ccccc5c5cccc4n53)n2)cc1. The first-order valence-electron chi connectivity index (χ1n) is 13.5. The zero-order valence-corrected chi connectivity index (χ0v) is 21.5. The average molecular weight is 511 g/mol. The summed E-state index contributed by atoms with van der Waals surface area (Å²) in [5.41, 5.74) is 9.80. The van der Waals surface area contributed by atoms with Crippen molar-refractivity contribution in [2.24, 2.45) is 0 Å². The van der Waals surface area contributed by atoms with E-state index in [1.165, 1.54) is 38.1 Å². The number of pyridine rings is 1. The molecule has 0 unspecified atom stereocenters. The minimum absolute atomic E-state index is 0.671. The number of para-hydroxylation sites is 1. The van der Waals surface area contributed by atoms with Crippen LogP contribution in [0.5, 0.6) is 0 Å². The summed E-state index contributed by atoms with van der Waals surface area (Å²) in [7, 11) is 0. The van der Waals surface area contributed by atoms with Gasteiger partial charge in [-0.2, -0.15) is 0 Å². The van der Waals surface area contributed by atoms with E-state index in [4.69, 9.17) is 9.97 Å². The molecule has 5 heterocycles. The number of benzene rings is 4. The van der Waals surface area contributed by atoms with Crippen LogP contribution in [-0.4, -0.2) is 18.9 Å². The van der Waals surface area contributed by atoms with E-state index in [9.17, 15) is 0 Å². The minimum atomic E-state index is 0.671. The summed E-state index contributed by atoms with van der Waals surface area (Å²) in [6.07, 6.45) is 0. The number of rotatable bonds is 3. The lowest BCUT2D eigenvalue weighted by molar-refractivity contribution is 0.997. The van der Waals surface area contributed by atoms with Gasteiger partial charge in [0.25, 0.3) is 0 Å². The Morgan fingerprint density at radius 3 is 1.68 bits per heavy atom. The lowest BCUT2D eigenvalue weighted by Crippen LogP contribution is -2.04. The second-order valence-corrected chi connectivity index (χ2v) is 10.3. The minimum Gasteiger partial charge on any atom is -0.306 e. The van der Waals surface area contributed by atoms with Crippen LogP contribution in [0.2, 0.25) is 0 Å². The molecule has 4 aromatic carbocycles. The Kier molecular flexibility index (Phi) is 4.30. The van der Waals surface area contributed by atoms with Crippen LogP contribution in [0, 0.1) is 0 Å². The van der Waals surface area contributed by atoms with Crippen LogP contribution >= 0.6 is 0 Å². The Labute approximate surface area is 229 Å². The summed E-state index contributed by atoms with van der Waals surface area (Å²) in [6, 6.07) is 46.8. The molecule has 5 aromatic heterocycles. The topological polar surface area (TPSA) is 35.1 Å². The van der Waals surface area contributed by atoms with Gasteiger partial charge in [-0.25, -0.2) is 9.97 Å². The van der Waals surface area contributed by atoms with Crippen molar-refractivity contribution in [1.29, 1.82) is 0 Å². The molecule has 0 aliphatic carbocycles. The first-order chi connectivity index (χ1) is 19.9. The molecule has 40 heavy (non-hydrogen) atoms. The third-order valence-electron chi connectivity index (χ3n) is 8.08. The molecule has 0 aliphatic rings. The molecule has 0 saturated carbocycles. The van der Waals surface area contributed by atoms with E-state index in [2.05, 4.69) is 130 Å². The zero-order valence-electron chi connectivity index (χ0n) is 21.5. The highest BCUT2D eigenvalue weighted by Gasteiger charge is 2.25. The van der Waals surface area contributed by atoms with E-state index >= 15 is 0 Å². The Balaban J connectivity index is 1.49. The van der Waals surface area contributed by atoms with Gasteiger partial charge in [0.1, 0.15) is 0 Å². The van der Waals surface area contributed by atoms with E-state index < -0.39 is 0 Å². The fraction of sp³-hybridized carbons (Fsp3) is 0. The summed E-state index contributed by atoms with van der Waals surface area (Å²) in [6.45, 7) is 0. The van der Waals surface area contributed by atoms with Gasteiger partial charge < -0.3 is 4.40 Å². The van der Waals surface area contributed by atoms with Crippen molar-refractivity contribution < 1.29 is 0 Å². The maximum absolute atomic E-state index is 5.23. The van der Waals surface area contributed by atoms with Crippen molar-refractivity contribution in [3.05, 3.63) is 133 Å². The molecule has 0 radical (unpaired) electrons. The predicted molar refractivity (Wildman–Crippen MR) is 164 cm³/mol. The maximum atomic E-state index is 5.23. The third-order valence-corrected chi connectivity index (χ3v) is 8.08. The highest BCUT2D eigenvalue weighted by atomic mass is 15.2. The van der Waals surface area contributed by atoms with Crippen LogP contribution < -0.4 is 0 Å². The molecular weight excluding hydrogens is 488 g/mol. The Morgan fingerprint density at radius 1 is 0.425 bits per heavy atom. The largest absolute Gasteiger partial charge is 0.306 e. The number of hydrogen-bond donors (Lipinski definition) is 0. The monoisotopic (exact) mass is 510 g/mol. The molecule has 0 aliphatic heterocycles. The second kappa shape index (κ2) is 8.01. The van der Waals surface area contributed by atoms with Crippen LogP contribution in [0.4, 0.5) is 0 Å². The van der Waals surface area contributed by atoms with Gasteiger partial charge in [0.05, 0.1) is 39.0 Å². The number of hydrogen-bond acceptors (Lipinski definition) is 2. The van der Waals surface area contributed by atoms with E-state index in [0.717, 1.165) is 33.5 Å². The lowest BCUT2D eigenvalue weighted by atomic mass is 10.1. The first kappa shape index (κ1) is 21.5. The van der Waals surface area contributed by atoms with E-state index in [-0.39, 0.29) is 0 Å². The smallest absolute Gasteiger partial charge is 0.235 e. The second-order valence-electron chi connectivity index (χ2n) is 10.3. The van der Waals surface area contributed by atoms with Gasteiger partial charge >= 0.3 is 0 Å². The summed E-state index contributed by atoms with van der Waals surface area (Å²) in [5, 5.41) is 4.93. The molecule has 9 rings (SSSR count). The zero-order chi connectivity index (χ0) is 26.2. The van der Waals surface area contributed by atoms with E-state index in [1.54, 1.807) is 0 Å². The molecular formula is C36H22N4. The Morgan fingerprint density at radius 2 is 0.975 bits per heavy atom. The summed E-state index contributed by atoms with van der Waals surface area (Å²) in [4.78, 5) is 10.5. The van der Waals surface area contributed by atoms with Crippen LogP contribution in [0.25, 0.3) is 77.6 Å². The number of aromatic nitrogens is 4. The predicted octanol–water partition coefficient (Wildman–Crippen LogP) is 8.90. The molecule has 0 amide bonds. The number of nitrogens with zero attached hydrogens (tertiary/aromatic N) is 4. The summed E-state index contributed by atoms with van der Waals surface area (Å²) < 4.78 is 4.69. The lowest BCUT2D eigenvalue weighted by Gasteiger charge is -2.11. The molecule has 0 fully saturated rings. The fourth-order valence-corrected chi connectivity index (χ4v) is 6.40. The standard InChI is InChI=1S/C36H22N4/c1-3-12-23(13-4-1)28-22-29(24-14-5-2-6-15-24)38-36(37-28)40-31-19-10-9-18-27(31)33-32-21-11-20-30-25-16-7-8-17-26(25)34(35(33)40)39(30)32/h1-22H. The number of fused-ring (bicyclic) bond motifs is 8. The van der Waals surface area contributed by atoms with Gasteiger partial charge in [-0.1, -0.05) is 109 Å². The van der Waals surface area contributed by atoms with Gasteiger partial charge in [-0.3, -0.25) is 4.57 Å². The maximum Gasteiger partial charge on any atom is 0.235 e. The first-order valence-corrected chi connectivity index (χ1v) is 13.5. The normalized spacial score (nSPS) is 12.0. The Bertz CT molecular complexity index is 2300. The van der Waals surface area contributed by atoms with Gasteiger partial charge in [-0.15, -0.1) is 0 Å². The summed E-state index contributed by atoms with van der Waals surface area (Å²) >= 11 is 0. The summed E-state index contributed by atoms with van der Waals surface area (Å²) in [5.74, 6) is 0.671. The van der Waals surface area contributed by atoms with Crippen LogP contribution in [0.15, 0.2) is 133 Å². The van der Waals surface area contributed by atoms with Crippen molar-refractivity contribution in [2.45, 2.75) is 0 Å². The molecule has 4 heteroatoms.